The molecule has 82 valence electrons. The predicted octanol–water partition coefficient (Wildman–Crippen LogP) is 3.05. The van der Waals surface area contributed by atoms with Gasteiger partial charge in [0.25, 0.3) is 0 Å². The first-order valence-electron chi connectivity index (χ1n) is 5.32. The Hall–Kier alpha value is -1.28. The molecule has 0 spiro atoms. The number of hydrogen-bond donors (Lipinski definition) is 1. The van der Waals surface area contributed by atoms with E-state index in [-0.39, 0.29) is 12.1 Å². The highest BCUT2D eigenvalue weighted by Gasteiger charge is 2.10. The summed E-state index contributed by atoms with van der Waals surface area (Å²) in [5.41, 5.74) is 7.07. The Kier molecular flexibility index (Phi) is 4.37. The fourth-order valence-electron chi connectivity index (χ4n) is 1.36. The first-order chi connectivity index (χ1) is 7.19. The van der Waals surface area contributed by atoms with Crippen LogP contribution in [0.3, 0.4) is 0 Å². The lowest BCUT2D eigenvalue weighted by atomic mass is 10.0. The van der Waals surface area contributed by atoms with Crippen LogP contribution in [0.15, 0.2) is 36.9 Å². The second-order valence-electron chi connectivity index (χ2n) is 3.61. The lowest BCUT2D eigenvalue weighted by Crippen LogP contribution is -2.14. The zero-order valence-electron chi connectivity index (χ0n) is 9.44. The molecule has 0 aromatic heterocycles. The molecule has 0 amide bonds. The lowest BCUT2D eigenvalue weighted by Gasteiger charge is -2.17. The fraction of sp³-hybridized carbons (Fsp3) is 0.385. The minimum absolute atomic E-state index is 0.00945. The number of hydrogen-bond acceptors (Lipinski definition) is 2. The molecule has 1 aromatic carbocycles. The van der Waals surface area contributed by atoms with Crippen molar-refractivity contribution in [2.45, 2.75) is 32.4 Å². The third-order valence-corrected chi connectivity index (χ3v) is 2.40. The second kappa shape index (κ2) is 5.56. The fourth-order valence-corrected chi connectivity index (χ4v) is 1.36. The van der Waals surface area contributed by atoms with E-state index in [1.54, 1.807) is 6.08 Å². The molecular weight excluding hydrogens is 186 g/mol. The Bertz CT molecular complexity index is 322. The van der Waals surface area contributed by atoms with E-state index in [4.69, 9.17) is 10.5 Å². The standard InChI is InChI=1S/C13H19NO/c1-4-10(3)15-13-9-7-6-8-11(13)12(14)5-2/h4,6-10,12H,1,5,14H2,2-3H3. The van der Waals surface area contributed by atoms with Gasteiger partial charge in [-0.15, -0.1) is 0 Å². The van der Waals surface area contributed by atoms with Gasteiger partial charge in [-0.05, 0) is 19.4 Å². The van der Waals surface area contributed by atoms with Gasteiger partial charge < -0.3 is 10.5 Å². The van der Waals surface area contributed by atoms with E-state index in [0.717, 1.165) is 17.7 Å². The molecule has 2 heteroatoms. The molecule has 0 saturated carbocycles. The predicted molar refractivity (Wildman–Crippen MR) is 63.9 cm³/mol. The molecule has 2 unspecified atom stereocenters. The minimum Gasteiger partial charge on any atom is -0.486 e. The maximum Gasteiger partial charge on any atom is 0.124 e. The van der Waals surface area contributed by atoms with Crippen molar-refractivity contribution in [1.82, 2.24) is 0 Å². The number of nitrogens with two attached hydrogens (primary N) is 1. The van der Waals surface area contributed by atoms with Crippen LogP contribution in [-0.4, -0.2) is 6.10 Å². The summed E-state index contributed by atoms with van der Waals surface area (Å²) in [5, 5.41) is 0. The third kappa shape index (κ3) is 3.10. The number of rotatable bonds is 5. The van der Waals surface area contributed by atoms with E-state index in [1.165, 1.54) is 0 Å². The largest absolute Gasteiger partial charge is 0.486 e. The van der Waals surface area contributed by atoms with Gasteiger partial charge in [-0.1, -0.05) is 37.8 Å². The highest BCUT2D eigenvalue weighted by atomic mass is 16.5. The zero-order valence-corrected chi connectivity index (χ0v) is 9.44. The SMILES string of the molecule is C=CC(C)Oc1ccccc1C(N)CC. The van der Waals surface area contributed by atoms with Gasteiger partial charge in [0.05, 0.1) is 0 Å². The summed E-state index contributed by atoms with van der Waals surface area (Å²) in [6.45, 7) is 7.72. The van der Waals surface area contributed by atoms with Crippen LogP contribution in [0, 0.1) is 0 Å². The number of benzene rings is 1. The summed E-state index contributed by atoms with van der Waals surface area (Å²) in [7, 11) is 0. The molecule has 1 aromatic rings. The van der Waals surface area contributed by atoms with Gasteiger partial charge in [0.2, 0.25) is 0 Å². The van der Waals surface area contributed by atoms with E-state index in [2.05, 4.69) is 13.5 Å². The van der Waals surface area contributed by atoms with Gasteiger partial charge in [0.1, 0.15) is 11.9 Å². The van der Waals surface area contributed by atoms with Crippen LogP contribution in [0.1, 0.15) is 31.9 Å². The molecule has 1 rings (SSSR count). The summed E-state index contributed by atoms with van der Waals surface area (Å²) in [6, 6.07) is 7.94. The Morgan fingerprint density at radius 3 is 2.73 bits per heavy atom. The Balaban J connectivity index is 2.90. The Morgan fingerprint density at radius 2 is 2.13 bits per heavy atom. The van der Waals surface area contributed by atoms with E-state index < -0.39 is 0 Å². The average Bonchev–Trinajstić information content (AvgIpc) is 2.28. The summed E-state index contributed by atoms with van der Waals surface area (Å²) >= 11 is 0. The first kappa shape index (κ1) is 11.8. The quantitative estimate of drug-likeness (QED) is 0.750. The Morgan fingerprint density at radius 1 is 1.47 bits per heavy atom. The van der Waals surface area contributed by atoms with Crippen molar-refractivity contribution in [1.29, 1.82) is 0 Å². The van der Waals surface area contributed by atoms with Crippen LogP contribution in [0.4, 0.5) is 0 Å². The van der Waals surface area contributed by atoms with Crippen LogP contribution in [0.5, 0.6) is 5.75 Å². The Labute approximate surface area is 91.7 Å². The van der Waals surface area contributed by atoms with Crippen molar-refractivity contribution < 1.29 is 4.74 Å². The minimum atomic E-state index is 0.00945. The molecule has 2 nitrogen and oxygen atoms in total. The summed E-state index contributed by atoms with van der Waals surface area (Å²) in [5.74, 6) is 0.860. The van der Waals surface area contributed by atoms with Crippen LogP contribution in [0.2, 0.25) is 0 Å². The molecule has 0 bridgehead atoms. The maximum atomic E-state index is 6.01. The van der Waals surface area contributed by atoms with Gasteiger partial charge in [-0.25, -0.2) is 0 Å². The third-order valence-electron chi connectivity index (χ3n) is 2.40. The summed E-state index contributed by atoms with van der Waals surface area (Å²) < 4.78 is 5.72. The van der Waals surface area contributed by atoms with Crippen LogP contribution >= 0.6 is 0 Å². The lowest BCUT2D eigenvalue weighted by molar-refractivity contribution is 0.266. The van der Waals surface area contributed by atoms with Gasteiger partial charge in [0.15, 0.2) is 0 Å². The molecule has 0 heterocycles. The monoisotopic (exact) mass is 205 g/mol. The highest BCUT2D eigenvalue weighted by Crippen LogP contribution is 2.26. The van der Waals surface area contributed by atoms with Crippen LogP contribution in [-0.2, 0) is 0 Å². The van der Waals surface area contributed by atoms with Crippen molar-refractivity contribution >= 4 is 0 Å². The molecule has 2 N–H and O–H groups in total. The first-order valence-corrected chi connectivity index (χ1v) is 5.32. The zero-order chi connectivity index (χ0) is 11.3. The second-order valence-corrected chi connectivity index (χ2v) is 3.61. The normalized spacial score (nSPS) is 14.3. The van der Waals surface area contributed by atoms with Gasteiger partial charge in [-0.3, -0.25) is 0 Å². The van der Waals surface area contributed by atoms with E-state index in [9.17, 15) is 0 Å². The van der Waals surface area contributed by atoms with Crippen molar-refractivity contribution in [2.24, 2.45) is 5.73 Å². The smallest absolute Gasteiger partial charge is 0.124 e. The highest BCUT2D eigenvalue weighted by molar-refractivity contribution is 5.36. The van der Waals surface area contributed by atoms with Crippen LogP contribution < -0.4 is 10.5 Å². The number of para-hydroxylation sites is 1. The molecule has 15 heavy (non-hydrogen) atoms. The average molecular weight is 205 g/mol. The maximum absolute atomic E-state index is 6.01. The van der Waals surface area contributed by atoms with Crippen LogP contribution in [0.25, 0.3) is 0 Å². The topological polar surface area (TPSA) is 35.2 Å². The van der Waals surface area contributed by atoms with Gasteiger partial charge in [0, 0.05) is 11.6 Å². The van der Waals surface area contributed by atoms with Crippen molar-refractivity contribution in [2.75, 3.05) is 0 Å². The molecule has 0 aliphatic heterocycles. The van der Waals surface area contributed by atoms with E-state index in [1.807, 2.05) is 31.2 Å². The van der Waals surface area contributed by atoms with E-state index >= 15 is 0 Å². The molecule has 0 aliphatic carbocycles. The van der Waals surface area contributed by atoms with Crippen molar-refractivity contribution in [3.63, 3.8) is 0 Å². The molecule has 0 fully saturated rings. The molecular formula is C13H19NO. The molecule has 2 atom stereocenters. The van der Waals surface area contributed by atoms with E-state index in [0.29, 0.717) is 0 Å². The van der Waals surface area contributed by atoms with Gasteiger partial charge >= 0.3 is 0 Å². The summed E-state index contributed by atoms with van der Waals surface area (Å²) in [6.07, 6.45) is 2.69. The van der Waals surface area contributed by atoms with Crippen molar-refractivity contribution in [3.8, 4) is 5.75 Å². The van der Waals surface area contributed by atoms with Crippen molar-refractivity contribution in [3.05, 3.63) is 42.5 Å². The van der Waals surface area contributed by atoms with Gasteiger partial charge in [-0.2, -0.15) is 0 Å². The molecule has 0 saturated heterocycles. The summed E-state index contributed by atoms with van der Waals surface area (Å²) in [4.78, 5) is 0. The molecule has 0 aliphatic rings. The molecule has 0 radical (unpaired) electrons. The number of ether oxygens (including phenoxy) is 1.